The van der Waals surface area contributed by atoms with Gasteiger partial charge in [-0.05, 0) is 37.0 Å². The third kappa shape index (κ3) is 3.09. The molecule has 96 valence electrons. The summed E-state index contributed by atoms with van der Waals surface area (Å²) in [4.78, 5) is 4.36. The molecule has 17 heavy (non-hydrogen) atoms. The molecule has 1 aliphatic rings. The molecule has 2 rings (SSSR count). The van der Waals surface area contributed by atoms with Crippen molar-refractivity contribution in [3.8, 4) is 0 Å². The van der Waals surface area contributed by atoms with Gasteiger partial charge in [0.05, 0.1) is 0 Å². The molecule has 3 heteroatoms. The lowest BCUT2D eigenvalue weighted by Crippen LogP contribution is -2.37. The van der Waals surface area contributed by atoms with E-state index in [0.717, 1.165) is 12.2 Å². The van der Waals surface area contributed by atoms with Gasteiger partial charge in [-0.1, -0.05) is 13.8 Å². The lowest BCUT2D eigenvalue weighted by atomic mass is 9.71. The fourth-order valence-corrected chi connectivity index (χ4v) is 2.82. The number of hydrogen-bond donors (Lipinski definition) is 1. The van der Waals surface area contributed by atoms with Crippen LogP contribution < -0.4 is 5.73 Å². The molecule has 0 amide bonds. The van der Waals surface area contributed by atoms with Gasteiger partial charge in [0.15, 0.2) is 0 Å². The van der Waals surface area contributed by atoms with E-state index in [0.29, 0.717) is 11.3 Å². The molecule has 0 saturated heterocycles. The molecule has 3 nitrogen and oxygen atoms in total. The second-order valence-corrected chi connectivity index (χ2v) is 6.32. The smallest absolute Gasteiger partial charge is 0.109 e. The minimum absolute atomic E-state index is 0.271. The molecular formula is C14H25N3. The molecule has 0 aliphatic heterocycles. The minimum Gasteiger partial charge on any atom is -0.338 e. The average Bonchev–Trinajstić information content (AvgIpc) is 2.64. The second-order valence-electron chi connectivity index (χ2n) is 6.32. The Morgan fingerprint density at radius 2 is 2.12 bits per heavy atom. The zero-order chi connectivity index (χ0) is 12.5. The highest BCUT2D eigenvalue weighted by atomic mass is 15.0. The average molecular weight is 235 g/mol. The Labute approximate surface area is 104 Å². The van der Waals surface area contributed by atoms with E-state index in [-0.39, 0.29) is 6.04 Å². The van der Waals surface area contributed by atoms with E-state index in [2.05, 4.69) is 23.4 Å². The Hall–Kier alpha value is -0.830. The van der Waals surface area contributed by atoms with Crippen molar-refractivity contribution in [2.24, 2.45) is 24.1 Å². The largest absolute Gasteiger partial charge is 0.338 e. The van der Waals surface area contributed by atoms with E-state index in [1.54, 1.807) is 0 Å². The Balaban J connectivity index is 1.89. The van der Waals surface area contributed by atoms with Gasteiger partial charge >= 0.3 is 0 Å². The highest BCUT2D eigenvalue weighted by Crippen LogP contribution is 2.39. The molecule has 1 heterocycles. The molecule has 1 fully saturated rings. The molecule has 2 N–H and O–H groups in total. The van der Waals surface area contributed by atoms with Crippen molar-refractivity contribution < 1.29 is 0 Å². The number of imidazole rings is 1. The summed E-state index contributed by atoms with van der Waals surface area (Å²) in [6.07, 6.45) is 9.93. The molecule has 1 aromatic rings. The number of aryl methyl sites for hydroxylation is 1. The van der Waals surface area contributed by atoms with Crippen LogP contribution in [-0.2, 0) is 13.5 Å². The van der Waals surface area contributed by atoms with Crippen LogP contribution in [0.3, 0.4) is 0 Å². The van der Waals surface area contributed by atoms with E-state index in [1.807, 2.05) is 19.4 Å². The van der Waals surface area contributed by atoms with E-state index in [9.17, 15) is 0 Å². The summed E-state index contributed by atoms with van der Waals surface area (Å²) in [5.41, 5.74) is 6.87. The van der Waals surface area contributed by atoms with Crippen LogP contribution >= 0.6 is 0 Å². The first kappa shape index (κ1) is 12.6. The van der Waals surface area contributed by atoms with Gasteiger partial charge in [0.1, 0.15) is 5.82 Å². The van der Waals surface area contributed by atoms with Gasteiger partial charge in [0.2, 0.25) is 0 Å². The third-order valence-electron chi connectivity index (χ3n) is 4.33. The first-order chi connectivity index (χ1) is 7.98. The van der Waals surface area contributed by atoms with Crippen LogP contribution in [0, 0.1) is 11.3 Å². The van der Waals surface area contributed by atoms with Crippen LogP contribution in [0.15, 0.2) is 12.4 Å². The maximum Gasteiger partial charge on any atom is 0.109 e. The van der Waals surface area contributed by atoms with Crippen LogP contribution in [0.2, 0.25) is 0 Å². The molecule has 0 aromatic carbocycles. The molecular weight excluding hydrogens is 210 g/mol. The number of hydrogen-bond acceptors (Lipinski definition) is 2. The van der Waals surface area contributed by atoms with Gasteiger partial charge in [0, 0.05) is 31.9 Å². The summed E-state index contributed by atoms with van der Waals surface area (Å²) in [5, 5.41) is 0. The van der Waals surface area contributed by atoms with Gasteiger partial charge in [-0.25, -0.2) is 4.98 Å². The maximum absolute atomic E-state index is 6.34. The van der Waals surface area contributed by atoms with Gasteiger partial charge in [-0.15, -0.1) is 0 Å². The SMILES string of the molecule is Cn1ccnc1CC(N)C1CCC(C)(C)CC1. The first-order valence-corrected chi connectivity index (χ1v) is 6.70. The molecule has 0 bridgehead atoms. The second kappa shape index (κ2) is 4.81. The van der Waals surface area contributed by atoms with Gasteiger partial charge < -0.3 is 10.3 Å². The van der Waals surface area contributed by atoms with Crippen molar-refractivity contribution in [2.45, 2.75) is 52.0 Å². The van der Waals surface area contributed by atoms with E-state index < -0.39 is 0 Å². The summed E-state index contributed by atoms with van der Waals surface area (Å²) in [6.45, 7) is 4.74. The summed E-state index contributed by atoms with van der Waals surface area (Å²) < 4.78 is 2.08. The van der Waals surface area contributed by atoms with Crippen molar-refractivity contribution in [3.63, 3.8) is 0 Å². The molecule has 1 saturated carbocycles. The van der Waals surface area contributed by atoms with Crippen LogP contribution in [0.1, 0.15) is 45.4 Å². The van der Waals surface area contributed by atoms with E-state index >= 15 is 0 Å². The van der Waals surface area contributed by atoms with Crippen molar-refractivity contribution >= 4 is 0 Å². The third-order valence-corrected chi connectivity index (χ3v) is 4.33. The fraction of sp³-hybridized carbons (Fsp3) is 0.786. The summed E-state index contributed by atoms with van der Waals surface area (Å²) in [5.74, 6) is 1.79. The standard InChI is InChI=1S/C14H25N3/c1-14(2)6-4-11(5-7-14)12(15)10-13-16-8-9-17(13)3/h8-9,11-12H,4-7,10,15H2,1-3H3. The molecule has 1 aliphatic carbocycles. The van der Waals surface area contributed by atoms with E-state index in [4.69, 9.17) is 5.73 Å². The maximum atomic E-state index is 6.34. The predicted molar refractivity (Wildman–Crippen MR) is 70.6 cm³/mol. The van der Waals surface area contributed by atoms with Crippen molar-refractivity contribution in [3.05, 3.63) is 18.2 Å². The molecule has 1 unspecified atom stereocenters. The van der Waals surface area contributed by atoms with Crippen molar-refractivity contribution in [1.82, 2.24) is 9.55 Å². The molecule has 0 spiro atoms. The van der Waals surface area contributed by atoms with Crippen LogP contribution in [0.25, 0.3) is 0 Å². The Morgan fingerprint density at radius 1 is 1.47 bits per heavy atom. The van der Waals surface area contributed by atoms with Crippen LogP contribution in [-0.4, -0.2) is 15.6 Å². The lowest BCUT2D eigenvalue weighted by molar-refractivity contribution is 0.172. The number of aromatic nitrogens is 2. The summed E-state index contributed by atoms with van der Waals surface area (Å²) in [6, 6.07) is 0.271. The Kier molecular flexibility index (Phi) is 3.57. The van der Waals surface area contributed by atoms with Gasteiger partial charge in [-0.2, -0.15) is 0 Å². The predicted octanol–water partition coefficient (Wildman–Crippen LogP) is 2.51. The topological polar surface area (TPSA) is 43.8 Å². The molecule has 1 atom stereocenters. The highest BCUT2D eigenvalue weighted by Gasteiger charge is 2.30. The van der Waals surface area contributed by atoms with Gasteiger partial charge in [0.25, 0.3) is 0 Å². The zero-order valence-electron chi connectivity index (χ0n) is 11.3. The van der Waals surface area contributed by atoms with E-state index in [1.165, 1.54) is 25.7 Å². The fourth-order valence-electron chi connectivity index (χ4n) is 2.82. The monoisotopic (exact) mass is 235 g/mol. The van der Waals surface area contributed by atoms with Crippen LogP contribution in [0.5, 0.6) is 0 Å². The normalized spacial score (nSPS) is 22.6. The number of nitrogens with zero attached hydrogens (tertiary/aromatic N) is 2. The van der Waals surface area contributed by atoms with Crippen molar-refractivity contribution in [1.29, 1.82) is 0 Å². The number of nitrogens with two attached hydrogens (primary N) is 1. The number of rotatable bonds is 3. The quantitative estimate of drug-likeness (QED) is 0.875. The highest BCUT2D eigenvalue weighted by molar-refractivity contribution is 4.96. The van der Waals surface area contributed by atoms with Gasteiger partial charge in [-0.3, -0.25) is 0 Å². The summed E-state index contributed by atoms with van der Waals surface area (Å²) in [7, 11) is 2.04. The summed E-state index contributed by atoms with van der Waals surface area (Å²) >= 11 is 0. The Bertz CT molecular complexity index is 357. The zero-order valence-corrected chi connectivity index (χ0v) is 11.3. The minimum atomic E-state index is 0.271. The lowest BCUT2D eigenvalue weighted by Gasteiger charge is -2.36. The Morgan fingerprint density at radius 3 is 2.65 bits per heavy atom. The van der Waals surface area contributed by atoms with Crippen molar-refractivity contribution in [2.75, 3.05) is 0 Å². The molecule has 0 radical (unpaired) electrons. The molecule has 1 aromatic heterocycles. The first-order valence-electron chi connectivity index (χ1n) is 6.70. The van der Waals surface area contributed by atoms with Crippen LogP contribution in [0.4, 0.5) is 0 Å².